The molecule has 0 aliphatic carbocycles. The van der Waals surface area contributed by atoms with Crippen LogP contribution in [0, 0.1) is 16.9 Å². The van der Waals surface area contributed by atoms with Crippen molar-refractivity contribution in [2.24, 2.45) is 16.4 Å². The van der Waals surface area contributed by atoms with Crippen LogP contribution in [0.2, 0.25) is 5.02 Å². The van der Waals surface area contributed by atoms with Crippen molar-refractivity contribution in [2.75, 3.05) is 18.5 Å². The minimum atomic E-state index is -3.71. The summed E-state index contributed by atoms with van der Waals surface area (Å²) in [5, 5.41) is 3.84. The first-order valence-electron chi connectivity index (χ1n) is 10.1. The molecular formula is C23H32ClN3O2S. The first-order chi connectivity index (χ1) is 13.9. The summed E-state index contributed by atoms with van der Waals surface area (Å²) < 4.78 is 26.2. The Bertz CT molecular complexity index is 984. The first-order valence-corrected chi connectivity index (χ1v) is 12.1. The predicted molar refractivity (Wildman–Crippen MR) is 125 cm³/mol. The standard InChI is InChI=1S/C23H32ClN3O2S/c1-17(15-23(2,3)4)12-13-27(5)19-10-11-21(26-25)22(14-19)30(28,29)16-18-8-6-7-9-20(18)24/h6-11,14,17,25H,12-13,15-16H2,1-5H3. The quantitative estimate of drug-likeness (QED) is 0.424. The molecule has 2 rings (SSSR count). The van der Waals surface area contributed by atoms with Crippen molar-refractivity contribution in [2.45, 2.75) is 51.2 Å². The lowest BCUT2D eigenvalue weighted by Gasteiger charge is -2.26. The molecule has 1 unspecified atom stereocenters. The van der Waals surface area contributed by atoms with Gasteiger partial charge in [0, 0.05) is 24.3 Å². The molecule has 30 heavy (non-hydrogen) atoms. The van der Waals surface area contributed by atoms with Crippen LogP contribution in [0.15, 0.2) is 52.5 Å². The number of hydrogen-bond acceptors (Lipinski definition) is 5. The van der Waals surface area contributed by atoms with Crippen molar-refractivity contribution in [3.63, 3.8) is 0 Å². The van der Waals surface area contributed by atoms with E-state index in [1.54, 1.807) is 36.4 Å². The van der Waals surface area contributed by atoms with Gasteiger partial charge in [0.2, 0.25) is 0 Å². The minimum Gasteiger partial charge on any atom is -0.375 e. The summed E-state index contributed by atoms with van der Waals surface area (Å²) in [6.45, 7) is 9.80. The molecule has 2 aromatic rings. The Balaban J connectivity index is 2.24. The van der Waals surface area contributed by atoms with Gasteiger partial charge >= 0.3 is 0 Å². The van der Waals surface area contributed by atoms with Crippen molar-refractivity contribution >= 4 is 32.8 Å². The van der Waals surface area contributed by atoms with Crippen LogP contribution in [0.1, 0.15) is 46.1 Å². The zero-order valence-electron chi connectivity index (χ0n) is 18.4. The number of hydrogen-bond donors (Lipinski definition) is 1. The summed E-state index contributed by atoms with van der Waals surface area (Å²) in [4.78, 5) is 2.12. The van der Waals surface area contributed by atoms with Crippen LogP contribution in [-0.4, -0.2) is 22.0 Å². The van der Waals surface area contributed by atoms with Gasteiger partial charge in [-0.05, 0) is 54.0 Å². The zero-order valence-corrected chi connectivity index (χ0v) is 20.0. The highest BCUT2D eigenvalue weighted by Gasteiger charge is 2.22. The molecule has 5 nitrogen and oxygen atoms in total. The fourth-order valence-corrected chi connectivity index (χ4v) is 5.50. The molecule has 0 heterocycles. The van der Waals surface area contributed by atoms with E-state index in [2.05, 4.69) is 37.7 Å². The number of anilines is 1. The molecule has 1 N–H and O–H groups in total. The molecule has 0 saturated carbocycles. The molecule has 164 valence electrons. The Labute approximate surface area is 185 Å². The van der Waals surface area contributed by atoms with Gasteiger partial charge in [-0.2, -0.15) is 5.11 Å². The SMILES string of the molecule is CC(CCN(C)c1ccc(N=N)c(S(=O)(=O)Cc2ccccc2Cl)c1)CC(C)(C)C. The van der Waals surface area contributed by atoms with Gasteiger partial charge in [-0.3, -0.25) is 0 Å². The smallest absolute Gasteiger partial charge is 0.184 e. The van der Waals surface area contributed by atoms with Crippen LogP contribution in [0.5, 0.6) is 0 Å². The number of halogens is 1. The molecule has 0 radical (unpaired) electrons. The van der Waals surface area contributed by atoms with Crippen molar-refractivity contribution in [1.29, 1.82) is 5.53 Å². The summed E-state index contributed by atoms with van der Waals surface area (Å²) in [6.07, 6.45) is 2.15. The van der Waals surface area contributed by atoms with E-state index in [1.165, 1.54) is 0 Å². The summed E-state index contributed by atoms with van der Waals surface area (Å²) in [5.74, 6) is 0.337. The normalized spacial score (nSPS) is 13.1. The van der Waals surface area contributed by atoms with Crippen molar-refractivity contribution in [3.05, 3.63) is 53.1 Å². The maximum absolute atomic E-state index is 13.1. The van der Waals surface area contributed by atoms with E-state index >= 15 is 0 Å². The number of nitrogens with zero attached hydrogens (tertiary/aromatic N) is 2. The molecule has 0 aliphatic heterocycles. The number of rotatable bonds is 9. The third kappa shape index (κ3) is 6.81. The lowest BCUT2D eigenvalue weighted by atomic mass is 9.84. The van der Waals surface area contributed by atoms with E-state index < -0.39 is 9.84 Å². The average Bonchev–Trinajstić information content (AvgIpc) is 2.66. The van der Waals surface area contributed by atoms with E-state index in [4.69, 9.17) is 17.1 Å². The van der Waals surface area contributed by atoms with Gasteiger partial charge in [-0.1, -0.05) is 57.5 Å². The molecule has 0 aromatic heterocycles. The van der Waals surface area contributed by atoms with Gasteiger partial charge in [-0.25, -0.2) is 13.9 Å². The molecule has 7 heteroatoms. The summed E-state index contributed by atoms with van der Waals surface area (Å²) in [5.41, 5.74) is 9.16. The second-order valence-electron chi connectivity index (χ2n) is 9.19. The fraction of sp³-hybridized carbons (Fsp3) is 0.478. The molecule has 0 saturated heterocycles. The van der Waals surface area contributed by atoms with Gasteiger partial charge in [0.15, 0.2) is 9.84 Å². The van der Waals surface area contributed by atoms with Gasteiger partial charge < -0.3 is 4.90 Å². The molecule has 0 fully saturated rings. The minimum absolute atomic E-state index is 0.0597. The molecule has 2 aromatic carbocycles. The lowest BCUT2D eigenvalue weighted by Crippen LogP contribution is -2.22. The maximum atomic E-state index is 13.1. The third-order valence-corrected chi connectivity index (χ3v) is 7.12. The van der Waals surface area contributed by atoms with Gasteiger partial charge in [0.05, 0.1) is 10.6 Å². The zero-order chi connectivity index (χ0) is 22.5. The average molecular weight is 450 g/mol. The number of nitrogens with one attached hydrogen (secondary N) is 1. The highest BCUT2D eigenvalue weighted by molar-refractivity contribution is 7.90. The van der Waals surface area contributed by atoms with E-state index in [1.807, 2.05) is 13.1 Å². The Morgan fingerprint density at radius 2 is 1.83 bits per heavy atom. The lowest BCUT2D eigenvalue weighted by molar-refractivity contribution is 0.298. The summed E-state index contributed by atoms with van der Waals surface area (Å²) in [6, 6.07) is 11.9. The third-order valence-electron chi connectivity index (χ3n) is 5.06. The largest absolute Gasteiger partial charge is 0.375 e. The molecular weight excluding hydrogens is 418 g/mol. The summed E-state index contributed by atoms with van der Waals surface area (Å²) in [7, 11) is -1.76. The van der Waals surface area contributed by atoms with Gasteiger partial charge in [-0.15, -0.1) is 0 Å². The Morgan fingerprint density at radius 3 is 2.43 bits per heavy atom. The molecule has 0 aliphatic rings. The Morgan fingerprint density at radius 1 is 1.17 bits per heavy atom. The van der Waals surface area contributed by atoms with Crippen LogP contribution in [0.4, 0.5) is 11.4 Å². The van der Waals surface area contributed by atoms with Crippen molar-refractivity contribution in [3.8, 4) is 0 Å². The summed E-state index contributed by atoms with van der Waals surface area (Å²) >= 11 is 6.16. The maximum Gasteiger partial charge on any atom is 0.184 e. The van der Waals surface area contributed by atoms with E-state index in [-0.39, 0.29) is 21.8 Å². The highest BCUT2D eigenvalue weighted by atomic mass is 35.5. The van der Waals surface area contributed by atoms with Crippen LogP contribution >= 0.6 is 11.6 Å². The van der Waals surface area contributed by atoms with Gasteiger partial charge in [0.25, 0.3) is 0 Å². The van der Waals surface area contributed by atoms with Crippen LogP contribution in [0.25, 0.3) is 0 Å². The van der Waals surface area contributed by atoms with E-state index in [9.17, 15) is 8.42 Å². The topological polar surface area (TPSA) is 73.6 Å². The predicted octanol–water partition coefficient (Wildman–Crippen LogP) is 6.87. The van der Waals surface area contributed by atoms with E-state index in [0.717, 1.165) is 25.1 Å². The van der Waals surface area contributed by atoms with E-state index in [0.29, 0.717) is 16.5 Å². The number of sulfone groups is 1. The molecule has 0 bridgehead atoms. The second-order valence-corrected chi connectivity index (χ2v) is 11.6. The van der Waals surface area contributed by atoms with Crippen LogP contribution < -0.4 is 4.90 Å². The monoisotopic (exact) mass is 449 g/mol. The van der Waals surface area contributed by atoms with Crippen molar-refractivity contribution in [1.82, 2.24) is 0 Å². The Hall–Kier alpha value is -1.92. The molecule has 0 amide bonds. The highest BCUT2D eigenvalue weighted by Crippen LogP contribution is 2.33. The first kappa shape index (κ1) is 24.4. The number of benzene rings is 2. The van der Waals surface area contributed by atoms with Crippen molar-refractivity contribution < 1.29 is 8.42 Å². The molecule has 0 spiro atoms. The fourth-order valence-electron chi connectivity index (χ4n) is 3.67. The second kappa shape index (κ2) is 9.92. The van der Waals surface area contributed by atoms with Gasteiger partial charge in [0.1, 0.15) is 5.69 Å². The molecule has 1 atom stereocenters. The Kier molecular flexibility index (Phi) is 8.06. The van der Waals surface area contributed by atoms with Crippen LogP contribution in [0.3, 0.4) is 0 Å². The van der Waals surface area contributed by atoms with Crippen LogP contribution in [-0.2, 0) is 15.6 Å².